The van der Waals surface area contributed by atoms with E-state index in [4.69, 9.17) is 18.4 Å². The first-order valence-corrected chi connectivity index (χ1v) is 14.9. The van der Waals surface area contributed by atoms with E-state index in [2.05, 4.69) is 0 Å². The van der Waals surface area contributed by atoms with Crippen LogP contribution < -0.4 is 9.47 Å². The first kappa shape index (κ1) is 28.4. The van der Waals surface area contributed by atoms with Crippen molar-refractivity contribution in [2.45, 2.75) is 37.3 Å². The van der Waals surface area contributed by atoms with Crippen molar-refractivity contribution in [3.8, 4) is 11.5 Å². The largest absolute Gasteiger partial charge is 0.497 e. The fourth-order valence-electron chi connectivity index (χ4n) is 5.70. The zero-order chi connectivity index (χ0) is 29.2. The number of carbonyl (C=O) groups excluding carboxylic acids is 2. The van der Waals surface area contributed by atoms with Crippen molar-refractivity contribution in [3.63, 3.8) is 0 Å². The number of hydrogen-bond donors (Lipinski definition) is 0. The lowest BCUT2D eigenvalue weighted by Crippen LogP contribution is -2.73. The second-order valence-corrected chi connectivity index (χ2v) is 11.8. The molecule has 2 aliphatic heterocycles. The van der Waals surface area contributed by atoms with Crippen LogP contribution in [0.3, 0.4) is 0 Å². The van der Waals surface area contributed by atoms with Gasteiger partial charge < -0.3 is 19.1 Å². The quantitative estimate of drug-likeness (QED) is 0.277. The molecular weight excluding hydrogens is 548 g/mol. The van der Waals surface area contributed by atoms with Crippen molar-refractivity contribution in [3.05, 3.63) is 95.6 Å². The Hall–Kier alpha value is -4.09. The third kappa shape index (κ3) is 5.73. The highest BCUT2D eigenvalue weighted by molar-refractivity contribution is 7.86. The van der Waals surface area contributed by atoms with E-state index in [-0.39, 0.29) is 32.0 Å². The van der Waals surface area contributed by atoms with Crippen molar-refractivity contribution in [2.75, 3.05) is 27.0 Å². The average Bonchev–Trinajstić information content (AvgIpc) is 3.36. The smallest absolute Gasteiger partial charge is 0.411 e. The molecule has 2 fully saturated rings. The average molecular weight is 581 g/mol. The molecule has 11 heteroatoms. The van der Waals surface area contributed by atoms with Crippen LogP contribution in [0.25, 0.3) is 0 Å². The standard InChI is InChI=1S/C30H32N2O8S/c1-37-24-13-9-21(10-14-24)18-31-27(23-11-15-25(38-2)16-12-23)30(28(31)33)17-26(40-41(3,35)36)19-32(30)29(34)39-20-22-7-5-4-6-8-22/h4-16,26-27H,17-20H2,1-3H3/t26-,27+,30-/m1/s1. The van der Waals surface area contributed by atoms with Gasteiger partial charge in [0.05, 0.1) is 39.2 Å². The molecule has 3 aromatic rings. The second kappa shape index (κ2) is 11.4. The van der Waals surface area contributed by atoms with E-state index in [0.29, 0.717) is 11.5 Å². The van der Waals surface area contributed by atoms with E-state index in [9.17, 15) is 18.0 Å². The van der Waals surface area contributed by atoms with Crippen LogP contribution >= 0.6 is 0 Å². The number of rotatable bonds is 9. The van der Waals surface area contributed by atoms with Gasteiger partial charge in [0.2, 0.25) is 0 Å². The fourth-order valence-corrected chi connectivity index (χ4v) is 6.33. The molecule has 10 nitrogen and oxygen atoms in total. The van der Waals surface area contributed by atoms with E-state index in [1.54, 1.807) is 31.3 Å². The van der Waals surface area contributed by atoms with Crippen molar-refractivity contribution in [1.82, 2.24) is 9.80 Å². The van der Waals surface area contributed by atoms with Crippen molar-refractivity contribution in [1.29, 1.82) is 0 Å². The molecule has 0 unspecified atom stereocenters. The maximum atomic E-state index is 14.1. The predicted octanol–water partition coefficient (Wildman–Crippen LogP) is 3.91. The number of nitrogens with zero attached hydrogens (tertiary/aromatic N) is 2. The number of hydrogen-bond acceptors (Lipinski definition) is 8. The fraction of sp³-hybridized carbons (Fsp3) is 0.333. The van der Waals surface area contributed by atoms with Gasteiger partial charge in [0.1, 0.15) is 18.1 Å². The zero-order valence-electron chi connectivity index (χ0n) is 23.1. The van der Waals surface area contributed by atoms with Gasteiger partial charge in [-0.15, -0.1) is 0 Å². The minimum Gasteiger partial charge on any atom is -0.497 e. The van der Waals surface area contributed by atoms with Crippen LogP contribution in [0.5, 0.6) is 11.5 Å². The van der Waals surface area contributed by atoms with Crippen LogP contribution in [-0.4, -0.2) is 68.9 Å². The van der Waals surface area contributed by atoms with Crippen LogP contribution in [0.1, 0.15) is 29.2 Å². The SMILES string of the molecule is COc1ccc(CN2C(=O)[C@@]3(C[C@@H](OS(C)(=O)=O)CN3C(=O)OCc3ccccc3)[C@@H]2c2ccc(OC)cc2)cc1. The van der Waals surface area contributed by atoms with Crippen molar-refractivity contribution >= 4 is 22.1 Å². The molecule has 216 valence electrons. The summed E-state index contributed by atoms with van der Waals surface area (Å²) in [7, 11) is -0.711. The van der Waals surface area contributed by atoms with E-state index >= 15 is 0 Å². The Balaban J connectivity index is 1.51. The Bertz CT molecular complexity index is 1500. The molecule has 2 heterocycles. The maximum absolute atomic E-state index is 14.1. The molecule has 0 radical (unpaired) electrons. The first-order chi connectivity index (χ1) is 19.6. The van der Waals surface area contributed by atoms with Crippen LogP contribution in [0.4, 0.5) is 4.79 Å². The number of benzene rings is 3. The van der Waals surface area contributed by atoms with Gasteiger partial charge in [-0.05, 0) is 41.0 Å². The van der Waals surface area contributed by atoms with E-state index < -0.39 is 33.9 Å². The van der Waals surface area contributed by atoms with Gasteiger partial charge in [-0.2, -0.15) is 8.42 Å². The Morgan fingerprint density at radius 2 is 1.51 bits per heavy atom. The number of likely N-dealkylation sites (tertiary alicyclic amines) is 2. The second-order valence-electron chi connectivity index (χ2n) is 10.2. The minimum atomic E-state index is -3.86. The highest BCUT2D eigenvalue weighted by Gasteiger charge is 2.69. The summed E-state index contributed by atoms with van der Waals surface area (Å²) >= 11 is 0. The van der Waals surface area contributed by atoms with Crippen molar-refractivity contribution < 1.29 is 36.4 Å². The molecular formula is C30H32N2O8S. The van der Waals surface area contributed by atoms with Crippen LogP contribution in [-0.2, 0) is 37.0 Å². The minimum absolute atomic E-state index is 0.000803. The van der Waals surface area contributed by atoms with E-state index in [0.717, 1.165) is 22.9 Å². The lowest BCUT2D eigenvalue weighted by Gasteiger charge is -2.57. The summed E-state index contributed by atoms with van der Waals surface area (Å²) in [5, 5.41) is 0. The van der Waals surface area contributed by atoms with Crippen LogP contribution in [0.2, 0.25) is 0 Å². The number of β-lactam (4-membered cyclic amide) rings is 1. The molecule has 1 spiro atoms. The predicted molar refractivity (Wildman–Crippen MR) is 150 cm³/mol. The summed E-state index contributed by atoms with van der Waals surface area (Å²) in [6.07, 6.45) is -0.684. The molecule has 3 atom stereocenters. The van der Waals surface area contributed by atoms with Gasteiger partial charge in [0.25, 0.3) is 16.0 Å². The first-order valence-electron chi connectivity index (χ1n) is 13.1. The summed E-state index contributed by atoms with van der Waals surface area (Å²) in [6, 6.07) is 23.2. The highest BCUT2D eigenvalue weighted by Crippen LogP contribution is 2.54. The molecule has 0 aromatic heterocycles. The molecule has 0 N–H and O–H groups in total. The number of methoxy groups -OCH3 is 2. The number of carbonyl (C=O) groups is 2. The Kier molecular flexibility index (Phi) is 7.92. The van der Waals surface area contributed by atoms with Gasteiger partial charge in [-0.3, -0.25) is 13.9 Å². The van der Waals surface area contributed by atoms with Crippen LogP contribution in [0, 0.1) is 0 Å². The summed E-state index contributed by atoms with van der Waals surface area (Å²) in [5.74, 6) is 1.01. The monoisotopic (exact) mass is 580 g/mol. The molecule has 3 aromatic carbocycles. The van der Waals surface area contributed by atoms with Gasteiger partial charge >= 0.3 is 6.09 Å². The normalized spacial score (nSPS) is 22.0. The van der Waals surface area contributed by atoms with Crippen LogP contribution in [0.15, 0.2) is 78.9 Å². The molecule has 2 aliphatic rings. The van der Waals surface area contributed by atoms with E-state index in [1.165, 1.54) is 4.90 Å². The van der Waals surface area contributed by atoms with Gasteiger partial charge in [-0.25, -0.2) is 4.79 Å². The maximum Gasteiger partial charge on any atom is 0.411 e. The molecule has 5 rings (SSSR count). The lowest BCUT2D eigenvalue weighted by molar-refractivity contribution is -0.174. The molecule has 2 amide bonds. The Morgan fingerprint density at radius 1 is 0.902 bits per heavy atom. The summed E-state index contributed by atoms with van der Waals surface area (Å²) in [6.45, 7) is 0.155. The molecule has 41 heavy (non-hydrogen) atoms. The zero-order valence-corrected chi connectivity index (χ0v) is 23.9. The van der Waals surface area contributed by atoms with Gasteiger partial charge in [0, 0.05) is 13.0 Å². The molecule has 2 saturated heterocycles. The number of amides is 2. The van der Waals surface area contributed by atoms with Gasteiger partial charge in [-0.1, -0.05) is 54.6 Å². The third-order valence-corrected chi connectivity index (χ3v) is 8.10. The third-order valence-electron chi connectivity index (χ3n) is 7.48. The summed E-state index contributed by atoms with van der Waals surface area (Å²) < 4.78 is 45.7. The lowest BCUT2D eigenvalue weighted by atomic mass is 9.72. The molecule has 0 bridgehead atoms. The Labute approximate surface area is 239 Å². The highest BCUT2D eigenvalue weighted by atomic mass is 32.2. The molecule has 0 saturated carbocycles. The Morgan fingerprint density at radius 3 is 2.10 bits per heavy atom. The van der Waals surface area contributed by atoms with Crippen molar-refractivity contribution in [2.24, 2.45) is 0 Å². The number of ether oxygens (including phenoxy) is 3. The summed E-state index contributed by atoms with van der Waals surface area (Å²) in [5.41, 5.74) is 1.02. The summed E-state index contributed by atoms with van der Waals surface area (Å²) in [4.78, 5) is 30.8. The van der Waals surface area contributed by atoms with Gasteiger partial charge in [0.15, 0.2) is 5.54 Å². The van der Waals surface area contributed by atoms with E-state index in [1.807, 2.05) is 66.7 Å². The molecule has 0 aliphatic carbocycles. The topological polar surface area (TPSA) is 112 Å².